The summed E-state index contributed by atoms with van der Waals surface area (Å²) in [4.78, 5) is 35.7. The van der Waals surface area contributed by atoms with Gasteiger partial charge < -0.3 is 15.2 Å². The fourth-order valence-electron chi connectivity index (χ4n) is 2.44. The first-order chi connectivity index (χ1) is 14.1. The highest BCUT2D eigenvalue weighted by atomic mass is 32.1. The number of carboxylic acid groups (broad SMARTS) is 1. The van der Waals surface area contributed by atoms with Crippen LogP contribution < -0.4 is 25.4 Å². The number of hydrogen-bond acceptors (Lipinski definition) is 7. The number of benzene rings is 1. The molecule has 0 bridgehead atoms. The predicted octanol–water partition coefficient (Wildman–Crippen LogP) is 1.89. The molecule has 2 aromatic rings. The largest absolute Gasteiger partial charge is 0.477 e. The van der Waals surface area contributed by atoms with Crippen LogP contribution in [0.25, 0.3) is 11.8 Å². The molecule has 30 heavy (non-hydrogen) atoms. The van der Waals surface area contributed by atoms with Crippen LogP contribution >= 0.6 is 11.3 Å². The van der Waals surface area contributed by atoms with Crippen molar-refractivity contribution in [2.24, 2.45) is 0 Å². The molecule has 0 radical (unpaired) electrons. The number of nitrogens with zero attached hydrogens (tertiary/aromatic N) is 2. The lowest BCUT2D eigenvalue weighted by Crippen LogP contribution is -2.32. The summed E-state index contributed by atoms with van der Waals surface area (Å²) in [6.45, 7) is 7.20. The van der Waals surface area contributed by atoms with Crippen molar-refractivity contribution in [3.63, 3.8) is 0 Å². The third-order valence-corrected chi connectivity index (χ3v) is 4.77. The topological polar surface area (TPSA) is 133 Å². The Kier molecular flexibility index (Phi) is 7.02. The van der Waals surface area contributed by atoms with Gasteiger partial charge in [-0.1, -0.05) is 6.07 Å². The summed E-state index contributed by atoms with van der Waals surface area (Å²) in [5.41, 5.74) is -0.432. The van der Waals surface area contributed by atoms with Crippen LogP contribution in [-0.2, 0) is 16.1 Å². The van der Waals surface area contributed by atoms with Gasteiger partial charge in [0.2, 0.25) is 0 Å². The lowest BCUT2D eigenvalue weighted by molar-refractivity contribution is -0.130. The van der Waals surface area contributed by atoms with E-state index < -0.39 is 28.8 Å². The Balaban J connectivity index is 2.35. The van der Waals surface area contributed by atoms with Gasteiger partial charge in [-0.3, -0.25) is 14.7 Å². The van der Waals surface area contributed by atoms with Gasteiger partial charge in [-0.25, -0.2) is 9.59 Å². The van der Waals surface area contributed by atoms with Crippen LogP contribution in [0.15, 0.2) is 29.1 Å². The zero-order valence-corrected chi connectivity index (χ0v) is 17.8. The van der Waals surface area contributed by atoms with Gasteiger partial charge in [-0.2, -0.15) is 5.26 Å². The summed E-state index contributed by atoms with van der Waals surface area (Å²) in [5.74, 6) is -1.39. The fraction of sp³-hybridized carbons (Fsp3) is 0.300. The Bertz CT molecular complexity index is 1180. The van der Waals surface area contributed by atoms with Crippen LogP contribution in [0.4, 0.5) is 16.2 Å². The molecule has 0 unspecified atom stereocenters. The zero-order chi connectivity index (χ0) is 22.5. The van der Waals surface area contributed by atoms with Gasteiger partial charge >= 0.3 is 12.1 Å². The van der Waals surface area contributed by atoms with E-state index >= 15 is 0 Å². The minimum Gasteiger partial charge on any atom is -0.477 e. The standard InChI is InChI=1S/C20H22N4O5S/c1-5-24-16(25)15(30-17(24)14(10-21)18(26)27)11-22-12-7-6-8-13(9-12)23-19(28)29-20(2,3)4/h6-9,11,22H,5H2,1-4H3,(H,23,28)(H,26,27). The zero-order valence-electron chi connectivity index (χ0n) is 17.0. The Morgan fingerprint density at radius 1 is 1.33 bits per heavy atom. The summed E-state index contributed by atoms with van der Waals surface area (Å²) >= 11 is 0.914. The molecule has 0 aliphatic rings. The summed E-state index contributed by atoms with van der Waals surface area (Å²) in [7, 11) is 0. The number of carboxylic acids is 1. The van der Waals surface area contributed by atoms with Crippen molar-refractivity contribution in [2.75, 3.05) is 10.6 Å². The highest BCUT2D eigenvalue weighted by Crippen LogP contribution is 2.16. The summed E-state index contributed by atoms with van der Waals surface area (Å²) in [6, 6.07) is 8.40. The van der Waals surface area contributed by atoms with Crippen LogP contribution in [0.3, 0.4) is 0 Å². The van der Waals surface area contributed by atoms with E-state index in [9.17, 15) is 19.5 Å². The average molecular weight is 430 g/mol. The molecule has 2 rings (SSSR count). The average Bonchev–Trinajstić information content (AvgIpc) is 2.94. The van der Waals surface area contributed by atoms with Gasteiger partial charge in [0.15, 0.2) is 5.57 Å². The molecule has 1 heterocycles. The molecule has 0 saturated heterocycles. The Labute approximate surface area is 176 Å². The van der Waals surface area contributed by atoms with Gasteiger partial charge in [0.05, 0.1) is 0 Å². The van der Waals surface area contributed by atoms with Crippen LogP contribution in [-0.4, -0.2) is 27.3 Å². The molecule has 1 aromatic carbocycles. The van der Waals surface area contributed by atoms with E-state index in [0.717, 1.165) is 11.3 Å². The molecule has 0 fully saturated rings. The number of nitriles is 1. The number of hydrogen-bond donors (Lipinski definition) is 3. The maximum atomic E-state index is 12.5. The lowest BCUT2D eigenvalue weighted by Gasteiger charge is -2.19. The van der Waals surface area contributed by atoms with Crippen molar-refractivity contribution in [2.45, 2.75) is 39.8 Å². The van der Waals surface area contributed by atoms with Gasteiger partial charge in [0, 0.05) is 24.1 Å². The molecule has 0 spiro atoms. The van der Waals surface area contributed by atoms with Gasteiger partial charge in [0.25, 0.3) is 5.56 Å². The Morgan fingerprint density at radius 2 is 2.00 bits per heavy atom. The maximum Gasteiger partial charge on any atom is 0.412 e. The fourth-order valence-corrected chi connectivity index (χ4v) is 3.52. The smallest absolute Gasteiger partial charge is 0.412 e. The highest BCUT2D eigenvalue weighted by molar-refractivity contribution is 7.07. The van der Waals surface area contributed by atoms with Gasteiger partial charge in [-0.15, -0.1) is 11.3 Å². The van der Waals surface area contributed by atoms with Gasteiger partial charge in [0.1, 0.15) is 20.9 Å². The van der Waals surface area contributed by atoms with Crippen LogP contribution in [0, 0.1) is 11.3 Å². The van der Waals surface area contributed by atoms with E-state index in [2.05, 4.69) is 10.6 Å². The second kappa shape index (κ2) is 9.28. The van der Waals surface area contributed by atoms with Crippen LogP contribution in [0.1, 0.15) is 27.7 Å². The third kappa shape index (κ3) is 5.71. The second-order valence-corrected chi connectivity index (χ2v) is 8.14. The molecule has 0 saturated carbocycles. The minimum absolute atomic E-state index is 0.0888. The van der Waals surface area contributed by atoms with E-state index in [-0.39, 0.29) is 15.7 Å². The molecular weight excluding hydrogens is 408 g/mol. The van der Waals surface area contributed by atoms with Crippen LogP contribution in [0.5, 0.6) is 0 Å². The number of thiazole rings is 1. The molecule has 10 heteroatoms. The number of anilines is 2. The van der Waals surface area contributed by atoms with E-state index in [0.29, 0.717) is 11.4 Å². The number of aromatic nitrogens is 1. The third-order valence-electron chi connectivity index (χ3n) is 3.64. The molecule has 3 N–H and O–H groups in total. The monoisotopic (exact) mass is 430 g/mol. The number of nitrogens with one attached hydrogen (secondary N) is 2. The molecule has 0 aliphatic heterocycles. The maximum absolute atomic E-state index is 12.5. The Morgan fingerprint density at radius 3 is 2.57 bits per heavy atom. The first kappa shape index (κ1) is 22.7. The normalized spacial score (nSPS) is 12.7. The molecule has 158 valence electrons. The number of aliphatic carboxylic acids is 1. The first-order valence-corrected chi connectivity index (χ1v) is 9.81. The predicted molar refractivity (Wildman–Crippen MR) is 115 cm³/mol. The molecule has 0 aliphatic carbocycles. The molecule has 0 atom stereocenters. The quantitative estimate of drug-likeness (QED) is 0.659. The van der Waals surface area contributed by atoms with Gasteiger partial charge in [-0.05, 0) is 45.9 Å². The van der Waals surface area contributed by atoms with Crippen molar-refractivity contribution < 1.29 is 19.4 Å². The summed E-state index contributed by atoms with van der Waals surface area (Å²) < 4.78 is 6.78. The molecular formula is C20H22N4O5S. The number of ether oxygens (including phenoxy) is 1. The van der Waals surface area contributed by atoms with Crippen molar-refractivity contribution in [1.82, 2.24) is 4.57 Å². The molecule has 9 nitrogen and oxygen atoms in total. The number of amides is 1. The van der Waals surface area contributed by atoms with E-state index in [1.807, 2.05) is 0 Å². The number of rotatable bonds is 5. The lowest BCUT2D eigenvalue weighted by atomic mass is 10.2. The number of carbonyl (C=O) groups excluding carboxylic acids is 1. The first-order valence-electron chi connectivity index (χ1n) is 9.00. The second-order valence-electron chi connectivity index (χ2n) is 7.11. The van der Waals surface area contributed by atoms with Crippen molar-refractivity contribution >= 4 is 46.5 Å². The van der Waals surface area contributed by atoms with Crippen molar-refractivity contribution in [3.05, 3.63) is 43.8 Å². The van der Waals surface area contributed by atoms with E-state index in [4.69, 9.17) is 10.00 Å². The van der Waals surface area contributed by atoms with Crippen molar-refractivity contribution in [1.29, 1.82) is 5.26 Å². The number of carbonyl (C=O) groups is 2. The van der Waals surface area contributed by atoms with Crippen molar-refractivity contribution in [3.8, 4) is 6.07 Å². The summed E-state index contributed by atoms with van der Waals surface area (Å²) in [5, 5.41) is 23.9. The van der Waals surface area contributed by atoms with E-state index in [1.165, 1.54) is 10.8 Å². The SMILES string of the molecule is CCn1c(=C(C#N)C(=O)O)sc(=CNc2cccc(NC(=O)OC(C)(C)C)c2)c1=O. The van der Waals surface area contributed by atoms with E-state index in [1.54, 1.807) is 58.0 Å². The minimum atomic E-state index is -1.39. The molecule has 1 aromatic heterocycles. The van der Waals surface area contributed by atoms with Crippen LogP contribution in [0.2, 0.25) is 0 Å². The summed E-state index contributed by atoms with van der Waals surface area (Å²) in [6.07, 6.45) is 0.845. The molecule has 1 amide bonds. The Hall–Kier alpha value is -3.58. The highest BCUT2D eigenvalue weighted by Gasteiger charge is 2.16.